The first-order chi connectivity index (χ1) is 25.2. The number of nitrogens with one attached hydrogen (secondary N) is 3. The third-order valence-electron chi connectivity index (χ3n) is 8.01. The van der Waals surface area contributed by atoms with Crippen LogP contribution < -0.4 is 25.4 Å². The van der Waals surface area contributed by atoms with Crippen molar-refractivity contribution >= 4 is 47.5 Å². The molecule has 53 heavy (non-hydrogen) atoms. The largest absolute Gasteiger partial charge is 0.492 e. The standard InChI is InChI=1S/C37H39ClF3N7O5/c1-35(2)21-43-31(50)27-10-12-28(13-11-27)44-33-45-32(46-34(47-33)53-24-37(39,40)41)42-20-26-9-14-30(29(38)19-26)52-18-6-17-48(22-35)36(51,23-49)16-15-25-7-4-3-5-8-25/h3-5,7-16,19,23,51H,6,17-18,20-22,24H2,1-2H3,(H,43,50)(H2,42,44,45,46,47). The highest BCUT2D eigenvalue weighted by Crippen LogP contribution is 2.28. The van der Waals surface area contributed by atoms with E-state index in [9.17, 15) is 27.9 Å². The maximum Gasteiger partial charge on any atom is 0.422 e. The second-order valence-electron chi connectivity index (χ2n) is 13.1. The van der Waals surface area contributed by atoms with Crippen molar-refractivity contribution in [2.75, 3.05) is 43.5 Å². The lowest BCUT2D eigenvalue weighted by molar-refractivity contribution is -0.154. The summed E-state index contributed by atoms with van der Waals surface area (Å²) in [4.78, 5) is 39.5. The number of hydrogen-bond donors (Lipinski definition) is 4. The summed E-state index contributed by atoms with van der Waals surface area (Å²) in [6, 6.07) is 20.1. The number of amides is 1. The molecule has 5 heterocycles. The molecule has 1 atom stereocenters. The summed E-state index contributed by atoms with van der Waals surface area (Å²) in [5.41, 5.74) is -0.322. The van der Waals surface area contributed by atoms with Gasteiger partial charge in [0.05, 0.1) is 11.6 Å². The third-order valence-corrected chi connectivity index (χ3v) is 8.30. The molecular formula is C37H39ClF3N7O5. The van der Waals surface area contributed by atoms with Crippen LogP contribution in [0.1, 0.15) is 41.8 Å². The van der Waals surface area contributed by atoms with Crippen LogP contribution in [0, 0.1) is 5.41 Å². The summed E-state index contributed by atoms with van der Waals surface area (Å²) in [7, 11) is 0. The van der Waals surface area contributed by atoms with Crippen molar-refractivity contribution in [2.45, 2.75) is 38.7 Å². The SMILES string of the molecule is CC1(C)CNC(=O)c2ccc(cc2)Nc2nc(nc(OCC(F)(F)F)n2)NCc2ccc(c(Cl)c2)OCCCN(C(O)(C=O)C=Cc2ccccc2)C1. The molecule has 0 spiro atoms. The molecule has 0 saturated carbocycles. The number of carbonyl (C=O) groups excluding carboxylic acids is 2. The number of benzene rings is 3. The van der Waals surface area contributed by atoms with Gasteiger partial charge in [-0.3, -0.25) is 14.5 Å². The minimum atomic E-state index is -4.61. The molecule has 16 heteroatoms. The Balaban J connectivity index is 1.41. The van der Waals surface area contributed by atoms with Gasteiger partial charge in [0.15, 0.2) is 18.6 Å². The fourth-order valence-corrected chi connectivity index (χ4v) is 5.57. The number of aromatic nitrogens is 3. The number of rotatable bonds is 6. The molecule has 8 rings (SSSR count). The molecule has 0 radical (unpaired) electrons. The first-order valence-electron chi connectivity index (χ1n) is 16.6. The molecule has 1 amide bonds. The molecule has 0 aliphatic carbocycles. The van der Waals surface area contributed by atoms with Crippen molar-refractivity contribution in [2.24, 2.45) is 5.41 Å². The predicted octanol–water partition coefficient (Wildman–Crippen LogP) is 6.26. The van der Waals surface area contributed by atoms with E-state index in [4.69, 9.17) is 21.1 Å². The molecule has 4 N–H and O–H groups in total. The number of hydrogen-bond acceptors (Lipinski definition) is 11. The lowest BCUT2D eigenvalue weighted by Crippen LogP contribution is -2.54. The Morgan fingerprint density at radius 1 is 1.02 bits per heavy atom. The minimum absolute atomic E-state index is 0.0670. The van der Waals surface area contributed by atoms with Gasteiger partial charge < -0.3 is 30.5 Å². The van der Waals surface area contributed by atoms with E-state index in [1.165, 1.54) is 6.08 Å². The van der Waals surface area contributed by atoms with Crippen molar-refractivity contribution in [1.29, 1.82) is 0 Å². The van der Waals surface area contributed by atoms with Crippen LogP contribution in [0.3, 0.4) is 0 Å². The van der Waals surface area contributed by atoms with E-state index in [0.717, 1.165) is 5.56 Å². The maximum atomic E-state index is 13.2. The van der Waals surface area contributed by atoms with Crippen molar-refractivity contribution < 1.29 is 37.3 Å². The molecular weight excluding hydrogens is 715 g/mol. The summed E-state index contributed by atoms with van der Waals surface area (Å²) in [6.45, 7) is 3.21. The van der Waals surface area contributed by atoms with Crippen molar-refractivity contribution in [3.63, 3.8) is 0 Å². The highest BCUT2D eigenvalue weighted by molar-refractivity contribution is 6.32. The van der Waals surface area contributed by atoms with Crippen molar-refractivity contribution in [3.05, 3.63) is 101 Å². The summed E-state index contributed by atoms with van der Waals surface area (Å²) in [5, 5.41) is 20.7. The zero-order chi connectivity index (χ0) is 38.1. The van der Waals surface area contributed by atoms with E-state index < -0.39 is 29.9 Å². The van der Waals surface area contributed by atoms with Crippen LogP contribution in [0.5, 0.6) is 11.8 Å². The Bertz CT molecular complexity index is 1900. The normalized spacial score (nSPS) is 17.1. The van der Waals surface area contributed by atoms with Crippen LogP contribution in [-0.4, -0.2) is 81.9 Å². The Labute approximate surface area is 309 Å². The summed E-state index contributed by atoms with van der Waals surface area (Å²) < 4.78 is 49.5. The number of halogens is 4. The number of anilines is 3. The molecule has 280 valence electrons. The monoisotopic (exact) mass is 753 g/mol. The van der Waals surface area contributed by atoms with Crippen LogP contribution in [-0.2, 0) is 11.3 Å². The lowest BCUT2D eigenvalue weighted by atomic mass is 9.91. The number of nitrogens with zero attached hydrogens (tertiary/aromatic N) is 4. The molecule has 4 aliphatic rings. The summed E-state index contributed by atoms with van der Waals surface area (Å²) in [5.74, 6) is -0.143. The van der Waals surface area contributed by atoms with Crippen LogP contribution >= 0.6 is 11.6 Å². The fourth-order valence-electron chi connectivity index (χ4n) is 5.31. The average molecular weight is 754 g/mol. The van der Waals surface area contributed by atoms with Crippen LogP contribution in [0.15, 0.2) is 78.9 Å². The van der Waals surface area contributed by atoms with Crippen LogP contribution in [0.4, 0.5) is 30.8 Å². The smallest absolute Gasteiger partial charge is 0.422 e. The summed E-state index contributed by atoms with van der Waals surface area (Å²) >= 11 is 6.54. The third kappa shape index (κ3) is 11.6. The Kier molecular flexibility index (Phi) is 12.5. The van der Waals surface area contributed by atoms with E-state index in [1.54, 1.807) is 53.4 Å². The van der Waals surface area contributed by atoms with Gasteiger partial charge in [-0.25, -0.2) is 0 Å². The van der Waals surface area contributed by atoms with Gasteiger partial charge in [0.1, 0.15) is 5.75 Å². The quantitative estimate of drug-likeness (QED) is 0.165. The van der Waals surface area contributed by atoms with Gasteiger partial charge in [0.2, 0.25) is 11.9 Å². The molecule has 3 aromatic carbocycles. The van der Waals surface area contributed by atoms with Gasteiger partial charge in [0, 0.05) is 37.4 Å². The van der Waals surface area contributed by atoms with Gasteiger partial charge in [-0.1, -0.05) is 67.9 Å². The first kappa shape index (κ1) is 39.0. The fraction of sp³-hybridized carbons (Fsp3) is 0.324. The van der Waals surface area contributed by atoms with E-state index >= 15 is 0 Å². The number of ether oxygens (including phenoxy) is 2. The molecule has 4 aromatic rings. The Morgan fingerprint density at radius 3 is 2.45 bits per heavy atom. The molecule has 1 aromatic heterocycles. The predicted molar refractivity (Wildman–Crippen MR) is 194 cm³/mol. The van der Waals surface area contributed by atoms with Gasteiger partial charge in [-0.05, 0) is 65.4 Å². The Hall–Kier alpha value is -5.25. The number of aliphatic hydroxyl groups is 1. The van der Waals surface area contributed by atoms with Gasteiger partial charge in [-0.2, -0.15) is 28.1 Å². The number of aldehydes is 1. The average Bonchev–Trinajstić information content (AvgIpc) is 3.13. The molecule has 12 nitrogen and oxygen atoms in total. The first-order valence-corrected chi connectivity index (χ1v) is 17.0. The van der Waals surface area contributed by atoms with E-state index in [2.05, 4.69) is 30.9 Å². The molecule has 6 bridgehead atoms. The number of alkyl halides is 3. The van der Waals surface area contributed by atoms with Crippen molar-refractivity contribution in [1.82, 2.24) is 25.2 Å². The number of carbonyl (C=O) groups is 2. The molecule has 4 aliphatic heterocycles. The van der Waals surface area contributed by atoms with Gasteiger partial charge in [-0.15, -0.1) is 0 Å². The van der Waals surface area contributed by atoms with Gasteiger partial charge >= 0.3 is 12.2 Å². The highest BCUT2D eigenvalue weighted by atomic mass is 35.5. The second-order valence-corrected chi connectivity index (χ2v) is 13.5. The minimum Gasteiger partial charge on any atom is -0.492 e. The highest BCUT2D eigenvalue weighted by Gasteiger charge is 2.36. The van der Waals surface area contributed by atoms with Crippen LogP contribution in [0.2, 0.25) is 5.02 Å². The van der Waals surface area contributed by atoms with Crippen molar-refractivity contribution in [3.8, 4) is 11.8 Å². The molecule has 0 fully saturated rings. The maximum absolute atomic E-state index is 13.2. The summed E-state index contributed by atoms with van der Waals surface area (Å²) in [6.07, 6.45) is -0.594. The lowest BCUT2D eigenvalue weighted by Gasteiger charge is -2.39. The van der Waals surface area contributed by atoms with Crippen LogP contribution in [0.25, 0.3) is 6.08 Å². The molecule has 0 saturated heterocycles. The second kappa shape index (κ2) is 17.1. The van der Waals surface area contributed by atoms with E-state index in [-0.39, 0.29) is 50.6 Å². The Morgan fingerprint density at radius 2 is 1.75 bits per heavy atom. The van der Waals surface area contributed by atoms with Gasteiger partial charge in [0.25, 0.3) is 5.91 Å². The zero-order valence-electron chi connectivity index (χ0n) is 29.0. The zero-order valence-corrected chi connectivity index (χ0v) is 29.7. The van der Waals surface area contributed by atoms with E-state index in [0.29, 0.717) is 40.3 Å². The van der Waals surface area contributed by atoms with E-state index in [1.807, 2.05) is 44.2 Å². The molecule has 1 unspecified atom stereocenters. The topological polar surface area (TPSA) is 151 Å².